The van der Waals surface area contributed by atoms with Crippen molar-refractivity contribution in [2.24, 2.45) is 0 Å². The van der Waals surface area contributed by atoms with E-state index in [-0.39, 0.29) is 5.82 Å². The Morgan fingerprint density at radius 2 is 1.90 bits per heavy atom. The highest BCUT2D eigenvalue weighted by Crippen LogP contribution is 2.19. The van der Waals surface area contributed by atoms with Crippen molar-refractivity contribution in [2.75, 3.05) is 5.73 Å². The summed E-state index contributed by atoms with van der Waals surface area (Å²) in [6, 6.07) is 12.9. The zero-order chi connectivity index (χ0) is 15.4. The van der Waals surface area contributed by atoms with Crippen LogP contribution >= 0.6 is 11.6 Å². The number of halogens is 2. The van der Waals surface area contributed by atoms with Crippen molar-refractivity contribution in [1.29, 1.82) is 0 Å². The fourth-order valence-corrected chi connectivity index (χ4v) is 2.37. The van der Waals surface area contributed by atoms with E-state index in [9.17, 15) is 4.39 Å². The topological polar surface area (TPSA) is 29.3 Å². The molecule has 0 atom stereocenters. The molecule has 0 fully saturated rings. The van der Waals surface area contributed by atoms with Gasteiger partial charge >= 0.3 is 0 Å². The first-order valence-corrected chi connectivity index (χ1v) is 7.36. The zero-order valence-corrected chi connectivity index (χ0v) is 13.1. The van der Waals surface area contributed by atoms with Crippen molar-refractivity contribution in [3.8, 4) is 0 Å². The second-order valence-electron chi connectivity index (χ2n) is 5.48. The number of nitrogens with zero attached hydrogens (tertiary/aromatic N) is 1. The Bertz CT molecular complexity index is 613. The van der Waals surface area contributed by atoms with Gasteiger partial charge in [0.05, 0.1) is 0 Å². The number of benzene rings is 2. The molecule has 0 aliphatic rings. The quantitative estimate of drug-likeness (QED) is 0.826. The molecule has 112 valence electrons. The van der Waals surface area contributed by atoms with Crippen molar-refractivity contribution in [2.45, 2.75) is 33.0 Å². The predicted molar refractivity (Wildman–Crippen MR) is 86.6 cm³/mol. The Morgan fingerprint density at radius 1 is 1.14 bits per heavy atom. The van der Waals surface area contributed by atoms with E-state index < -0.39 is 0 Å². The molecular weight excluding hydrogens is 287 g/mol. The van der Waals surface area contributed by atoms with Gasteiger partial charge in [-0.05, 0) is 43.7 Å². The summed E-state index contributed by atoms with van der Waals surface area (Å²) in [4.78, 5) is 2.20. The van der Waals surface area contributed by atoms with Gasteiger partial charge in [-0.25, -0.2) is 4.39 Å². The van der Waals surface area contributed by atoms with Gasteiger partial charge in [-0.2, -0.15) is 0 Å². The van der Waals surface area contributed by atoms with Crippen LogP contribution in [0.5, 0.6) is 0 Å². The molecule has 0 bridgehead atoms. The molecule has 2 rings (SSSR count). The van der Waals surface area contributed by atoms with Crippen LogP contribution < -0.4 is 5.73 Å². The molecule has 0 unspecified atom stereocenters. The maximum atomic E-state index is 13.9. The van der Waals surface area contributed by atoms with Crippen LogP contribution in [0, 0.1) is 5.82 Å². The average molecular weight is 307 g/mol. The lowest BCUT2D eigenvalue weighted by molar-refractivity contribution is 0.201. The Morgan fingerprint density at radius 3 is 2.52 bits per heavy atom. The number of anilines is 1. The van der Waals surface area contributed by atoms with E-state index in [1.54, 1.807) is 12.1 Å². The first-order valence-electron chi connectivity index (χ1n) is 6.98. The molecule has 0 heterocycles. The Labute approximate surface area is 130 Å². The van der Waals surface area contributed by atoms with E-state index in [0.29, 0.717) is 23.2 Å². The van der Waals surface area contributed by atoms with E-state index in [4.69, 9.17) is 17.3 Å². The fourth-order valence-electron chi connectivity index (χ4n) is 2.22. The van der Waals surface area contributed by atoms with Gasteiger partial charge in [-0.15, -0.1) is 0 Å². The van der Waals surface area contributed by atoms with Gasteiger partial charge in [0.2, 0.25) is 0 Å². The van der Waals surface area contributed by atoms with Crippen LogP contribution in [0.3, 0.4) is 0 Å². The van der Waals surface area contributed by atoms with Gasteiger partial charge in [-0.1, -0.05) is 29.8 Å². The van der Waals surface area contributed by atoms with E-state index >= 15 is 0 Å². The third-order valence-corrected chi connectivity index (χ3v) is 3.69. The first-order chi connectivity index (χ1) is 9.95. The molecule has 0 saturated heterocycles. The largest absolute Gasteiger partial charge is 0.399 e. The highest BCUT2D eigenvalue weighted by atomic mass is 35.5. The first kappa shape index (κ1) is 15.8. The molecule has 0 radical (unpaired) electrons. The van der Waals surface area contributed by atoms with Crippen LogP contribution in [0.25, 0.3) is 0 Å². The molecule has 0 aliphatic heterocycles. The van der Waals surface area contributed by atoms with Crippen LogP contribution in [0.15, 0.2) is 42.5 Å². The third-order valence-electron chi connectivity index (χ3n) is 3.46. The monoisotopic (exact) mass is 306 g/mol. The molecule has 4 heteroatoms. The number of hydrogen-bond acceptors (Lipinski definition) is 2. The van der Waals surface area contributed by atoms with Crippen LogP contribution in [0.2, 0.25) is 5.02 Å². The van der Waals surface area contributed by atoms with Gasteiger partial charge in [0.15, 0.2) is 0 Å². The third kappa shape index (κ3) is 4.45. The highest BCUT2D eigenvalue weighted by Gasteiger charge is 2.13. The lowest BCUT2D eigenvalue weighted by atomic mass is 10.1. The SMILES string of the molecule is CC(C)N(Cc1cccc(N)c1)Cc1ccc(Cl)cc1F. The fraction of sp³-hybridized carbons (Fsp3) is 0.294. The second-order valence-corrected chi connectivity index (χ2v) is 5.92. The van der Waals surface area contributed by atoms with Crippen molar-refractivity contribution < 1.29 is 4.39 Å². The predicted octanol–water partition coefficient (Wildman–Crippen LogP) is 4.47. The molecule has 2 aromatic rings. The standard InChI is InChI=1S/C17H20ClFN2/c1-12(2)21(10-13-4-3-5-16(20)8-13)11-14-6-7-15(18)9-17(14)19/h3-9,12H,10-11,20H2,1-2H3. The summed E-state index contributed by atoms with van der Waals surface area (Å²) < 4.78 is 13.9. The lowest BCUT2D eigenvalue weighted by Crippen LogP contribution is -2.30. The van der Waals surface area contributed by atoms with Gasteiger partial charge in [0.25, 0.3) is 0 Å². The van der Waals surface area contributed by atoms with E-state index in [1.165, 1.54) is 6.07 Å². The van der Waals surface area contributed by atoms with Crippen LogP contribution in [-0.4, -0.2) is 10.9 Å². The Balaban J connectivity index is 2.16. The summed E-state index contributed by atoms with van der Waals surface area (Å²) in [6.45, 7) is 5.46. The Kier molecular flexibility index (Phi) is 5.21. The van der Waals surface area contributed by atoms with Crippen LogP contribution in [-0.2, 0) is 13.1 Å². The van der Waals surface area contributed by atoms with Crippen molar-refractivity contribution in [1.82, 2.24) is 4.90 Å². The molecule has 0 spiro atoms. The summed E-state index contributed by atoms with van der Waals surface area (Å²) in [5, 5.41) is 0.420. The molecule has 0 aromatic heterocycles. The average Bonchev–Trinajstić information content (AvgIpc) is 2.40. The molecule has 0 amide bonds. The normalized spacial score (nSPS) is 11.3. The van der Waals surface area contributed by atoms with E-state index in [1.807, 2.05) is 24.3 Å². The van der Waals surface area contributed by atoms with Crippen molar-refractivity contribution in [3.63, 3.8) is 0 Å². The van der Waals surface area contributed by atoms with Gasteiger partial charge < -0.3 is 5.73 Å². The minimum absolute atomic E-state index is 0.263. The van der Waals surface area contributed by atoms with Gasteiger partial charge in [-0.3, -0.25) is 4.90 Å². The maximum Gasteiger partial charge on any atom is 0.129 e. The number of hydrogen-bond donors (Lipinski definition) is 1. The molecular formula is C17H20ClFN2. The molecule has 0 saturated carbocycles. The molecule has 2 N–H and O–H groups in total. The second kappa shape index (κ2) is 6.92. The lowest BCUT2D eigenvalue weighted by Gasteiger charge is -2.27. The maximum absolute atomic E-state index is 13.9. The number of nitrogen functional groups attached to an aromatic ring is 1. The van der Waals surface area contributed by atoms with E-state index in [0.717, 1.165) is 17.8 Å². The minimum atomic E-state index is -0.263. The van der Waals surface area contributed by atoms with Gasteiger partial charge in [0, 0.05) is 35.4 Å². The summed E-state index contributed by atoms with van der Waals surface area (Å²) >= 11 is 5.80. The number of nitrogens with two attached hydrogens (primary N) is 1. The van der Waals surface area contributed by atoms with Crippen molar-refractivity contribution >= 4 is 17.3 Å². The molecule has 0 aliphatic carbocycles. The molecule has 21 heavy (non-hydrogen) atoms. The van der Waals surface area contributed by atoms with E-state index in [2.05, 4.69) is 18.7 Å². The summed E-state index contributed by atoms with van der Waals surface area (Å²) in [5.74, 6) is -0.263. The summed E-state index contributed by atoms with van der Waals surface area (Å²) in [7, 11) is 0. The van der Waals surface area contributed by atoms with Crippen molar-refractivity contribution in [3.05, 3.63) is 64.4 Å². The molecule has 2 aromatic carbocycles. The van der Waals surface area contributed by atoms with Crippen LogP contribution in [0.4, 0.5) is 10.1 Å². The summed E-state index contributed by atoms with van der Waals surface area (Å²) in [5.41, 5.74) is 8.33. The number of rotatable bonds is 5. The zero-order valence-electron chi connectivity index (χ0n) is 12.3. The van der Waals surface area contributed by atoms with Crippen LogP contribution in [0.1, 0.15) is 25.0 Å². The summed E-state index contributed by atoms with van der Waals surface area (Å²) in [6.07, 6.45) is 0. The van der Waals surface area contributed by atoms with Gasteiger partial charge in [0.1, 0.15) is 5.82 Å². The Hall–Kier alpha value is -1.58. The minimum Gasteiger partial charge on any atom is -0.399 e. The highest BCUT2D eigenvalue weighted by molar-refractivity contribution is 6.30. The smallest absolute Gasteiger partial charge is 0.129 e. The molecule has 2 nitrogen and oxygen atoms in total.